The van der Waals surface area contributed by atoms with Gasteiger partial charge in [-0.05, 0) is 36.4 Å². The standard InChI is InChI=1S/C17H13ClF3NO4/c1-25-16(24)10-5-6-13(18)14(7-10)22-15(23)9-26-12-4-2-3-11(8-12)17(19,20)21/h2-8H,9H2,1H3,(H,22,23). The molecule has 2 rings (SSSR count). The first kappa shape index (κ1) is 19.6. The fraction of sp³-hybridized carbons (Fsp3) is 0.176. The Balaban J connectivity index is 2.03. The Morgan fingerprint density at radius 1 is 1.15 bits per heavy atom. The minimum Gasteiger partial charge on any atom is -0.484 e. The molecule has 2 aromatic rings. The second-order valence-electron chi connectivity index (χ2n) is 5.05. The molecule has 0 saturated carbocycles. The zero-order chi connectivity index (χ0) is 19.3. The first-order chi connectivity index (χ1) is 12.2. The first-order valence-corrected chi connectivity index (χ1v) is 7.56. The normalized spacial score (nSPS) is 11.0. The summed E-state index contributed by atoms with van der Waals surface area (Å²) in [7, 11) is 1.21. The summed E-state index contributed by atoms with van der Waals surface area (Å²) in [4.78, 5) is 23.4. The van der Waals surface area contributed by atoms with Crippen molar-refractivity contribution in [3.8, 4) is 5.75 Å². The third-order valence-corrected chi connectivity index (χ3v) is 3.52. The largest absolute Gasteiger partial charge is 0.484 e. The Morgan fingerprint density at radius 2 is 1.88 bits per heavy atom. The molecule has 0 heterocycles. The maximum atomic E-state index is 12.6. The lowest BCUT2D eigenvalue weighted by atomic mass is 10.2. The first-order valence-electron chi connectivity index (χ1n) is 7.18. The number of hydrogen-bond donors (Lipinski definition) is 1. The Labute approximate surface area is 151 Å². The molecule has 0 bridgehead atoms. The van der Waals surface area contributed by atoms with Crippen molar-refractivity contribution in [1.29, 1.82) is 0 Å². The van der Waals surface area contributed by atoms with Crippen LogP contribution in [0.3, 0.4) is 0 Å². The van der Waals surface area contributed by atoms with E-state index in [2.05, 4.69) is 10.1 Å². The number of benzene rings is 2. The van der Waals surface area contributed by atoms with E-state index in [4.69, 9.17) is 16.3 Å². The highest BCUT2D eigenvalue weighted by atomic mass is 35.5. The Kier molecular flexibility index (Phi) is 6.10. The highest BCUT2D eigenvalue weighted by molar-refractivity contribution is 6.33. The van der Waals surface area contributed by atoms with Crippen LogP contribution < -0.4 is 10.1 Å². The predicted octanol–water partition coefficient (Wildman–Crippen LogP) is 4.16. The number of carbonyl (C=O) groups is 2. The second kappa shape index (κ2) is 8.09. The molecule has 26 heavy (non-hydrogen) atoms. The van der Waals surface area contributed by atoms with E-state index < -0.39 is 30.2 Å². The number of carbonyl (C=O) groups excluding carboxylic acids is 2. The van der Waals surface area contributed by atoms with E-state index in [1.54, 1.807) is 0 Å². The molecule has 0 radical (unpaired) electrons. The van der Waals surface area contributed by atoms with Gasteiger partial charge in [0.2, 0.25) is 0 Å². The van der Waals surface area contributed by atoms with E-state index in [1.807, 2.05) is 0 Å². The molecule has 0 aromatic heterocycles. The molecular weight excluding hydrogens is 375 g/mol. The smallest absolute Gasteiger partial charge is 0.416 e. The fourth-order valence-corrected chi connectivity index (χ4v) is 2.13. The summed E-state index contributed by atoms with van der Waals surface area (Å²) in [5.41, 5.74) is -0.567. The van der Waals surface area contributed by atoms with E-state index in [1.165, 1.54) is 37.4 Å². The summed E-state index contributed by atoms with van der Waals surface area (Å²) in [6, 6.07) is 8.29. The van der Waals surface area contributed by atoms with Gasteiger partial charge in [-0.2, -0.15) is 13.2 Å². The number of halogens is 4. The molecule has 0 aliphatic carbocycles. The number of ether oxygens (including phenoxy) is 2. The predicted molar refractivity (Wildman–Crippen MR) is 88.4 cm³/mol. The van der Waals surface area contributed by atoms with Gasteiger partial charge in [0.1, 0.15) is 5.75 Å². The number of methoxy groups -OCH3 is 1. The van der Waals surface area contributed by atoms with Crippen LogP contribution in [0.25, 0.3) is 0 Å². The van der Waals surface area contributed by atoms with Crippen molar-refractivity contribution in [3.63, 3.8) is 0 Å². The Morgan fingerprint density at radius 3 is 2.54 bits per heavy atom. The lowest BCUT2D eigenvalue weighted by molar-refractivity contribution is -0.137. The van der Waals surface area contributed by atoms with Crippen LogP contribution >= 0.6 is 11.6 Å². The quantitative estimate of drug-likeness (QED) is 0.782. The maximum Gasteiger partial charge on any atom is 0.416 e. The number of nitrogens with one attached hydrogen (secondary N) is 1. The molecule has 0 aliphatic heterocycles. The molecule has 1 amide bonds. The van der Waals surface area contributed by atoms with Crippen LogP contribution in [0.15, 0.2) is 42.5 Å². The molecule has 0 spiro atoms. The zero-order valence-corrected chi connectivity index (χ0v) is 14.1. The lowest BCUT2D eigenvalue weighted by Gasteiger charge is -2.11. The van der Waals surface area contributed by atoms with Gasteiger partial charge in [0.15, 0.2) is 6.61 Å². The monoisotopic (exact) mass is 387 g/mol. The average molecular weight is 388 g/mol. The van der Waals surface area contributed by atoms with Gasteiger partial charge in [-0.1, -0.05) is 17.7 Å². The summed E-state index contributed by atoms with van der Waals surface area (Å²) in [5, 5.41) is 2.59. The van der Waals surface area contributed by atoms with E-state index >= 15 is 0 Å². The van der Waals surface area contributed by atoms with Gasteiger partial charge in [-0.3, -0.25) is 4.79 Å². The Hall–Kier alpha value is -2.74. The third kappa shape index (κ3) is 5.13. The number of hydrogen-bond acceptors (Lipinski definition) is 4. The van der Waals surface area contributed by atoms with Gasteiger partial charge in [-0.15, -0.1) is 0 Å². The van der Waals surface area contributed by atoms with Crippen molar-refractivity contribution < 1.29 is 32.2 Å². The van der Waals surface area contributed by atoms with Gasteiger partial charge in [0.05, 0.1) is 28.9 Å². The van der Waals surface area contributed by atoms with Crippen molar-refractivity contribution in [2.24, 2.45) is 0 Å². The summed E-state index contributed by atoms with van der Waals surface area (Å²) < 4.78 is 47.6. The fourth-order valence-electron chi connectivity index (χ4n) is 1.96. The summed E-state index contributed by atoms with van der Waals surface area (Å²) in [6.45, 7) is -0.542. The average Bonchev–Trinajstić information content (AvgIpc) is 2.60. The molecule has 2 aromatic carbocycles. The maximum absolute atomic E-state index is 12.6. The molecule has 5 nitrogen and oxygen atoms in total. The molecule has 0 aliphatic rings. The van der Waals surface area contributed by atoms with Gasteiger partial charge in [0, 0.05) is 0 Å². The van der Waals surface area contributed by atoms with Crippen LogP contribution in [0.4, 0.5) is 18.9 Å². The van der Waals surface area contributed by atoms with E-state index in [0.717, 1.165) is 12.1 Å². The summed E-state index contributed by atoms with van der Waals surface area (Å²) in [5.74, 6) is -1.38. The van der Waals surface area contributed by atoms with Crippen LogP contribution in [0.2, 0.25) is 5.02 Å². The molecule has 9 heteroatoms. The van der Waals surface area contributed by atoms with Crippen LogP contribution in [0.5, 0.6) is 5.75 Å². The van der Waals surface area contributed by atoms with E-state index in [9.17, 15) is 22.8 Å². The summed E-state index contributed by atoms with van der Waals surface area (Å²) >= 11 is 5.94. The van der Waals surface area contributed by atoms with E-state index in [-0.39, 0.29) is 22.0 Å². The molecule has 0 unspecified atom stereocenters. The molecular formula is C17H13ClF3NO4. The van der Waals surface area contributed by atoms with Crippen LogP contribution in [-0.4, -0.2) is 25.6 Å². The minimum absolute atomic E-state index is 0.107. The van der Waals surface area contributed by atoms with Crippen LogP contribution in [0.1, 0.15) is 15.9 Å². The molecule has 0 atom stereocenters. The summed E-state index contributed by atoms with van der Waals surface area (Å²) in [6.07, 6.45) is -4.51. The Bertz CT molecular complexity index is 824. The number of amides is 1. The lowest BCUT2D eigenvalue weighted by Crippen LogP contribution is -2.20. The van der Waals surface area contributed by atoms with Gasteiger partial charge in [0.25, 0.3) is 5.91 Å². The van der Waals surface area contributed by atoms with Gasteiger partial charge >= 0.3 is 12.1 Å². The topological polar surface area (TPSA) is 64.6 Å². The zero-order valence-electron chi connectivity index (χ0n) is 13.4. The van der Waals surface area contributed by atoms with Crippen LogP contribution in [-0.2, 0) is 15.7 Å². The van der Waals surface area contributed by atoms with E-state index in [0.29, 0.717) is 0 Å². The second-order valence-corrected chi connectivity index (χ2v) is 5.46. The van der Waals surface area contributed by atoms with Crippen molar-refractivity contribution in [2.75, 3.05) is 19.0 Å². The van der Waals surface area contributed by atoms with Crippen molar-refractivity contribution in [2.45, 2.75) is 6.18 Å². The van der Waals surface area contributed by atoms with Crippen molar-refractivity contribution in [1.82, 2.24) is 0 Å². The van der Waals surface area contributed by atoms with Crippen molar-refractivity contribution in [3.05, 3.63) is 58.6 Å². The molecule has 1 N–H and O–H groups in total. The van der Waals surface area contributed by atoms with Crippen molar-refractivity contribution >= 4 is 29.2 Å². The minimum atomic E-state index is -4.51. The molecule has 138 valence electrons. The van der Waals surface area contributed by atoms with Gasteiger partial charge in [-0.25, -0.2) is 4.79 Å². The van der Waals surface area contributed by atoms with Gasteiger partial charge < -0.3 is 14.8 Å². The SMILES string of the molecule is COC(=O)c1ccc(Cl)c(NC(=O)COc2cccc(C(F)(F)F)c2)c1. The molecule has 0 fully saturated rings. The number of rotatable bonds is 5. The highest BCUT2D eigenvalue weighted by Crippen LogP contribution is 2.31. The highest BCUT2D eigenvalue weighted by Gasteiger charge is 2.30. The van der Waals surface area contributed by atoms with Crippen LogP contribution in [0, 0.1) is 0 Å². The number of anilines is 1. The third-order valence-electron chi connectivity index (χ3n) is 3.19. The molecule has 0 saturated heterocycles. The number of alkyl halides is 3. The number of esters is 1.